The molecule has 12 heteroatoms. The van der Waals surface area contributed by atoms with Gasteiger partial charge in [0.05, 0.1) is 36.5 Å². The fourth-order valence-corrected chi connectivity index (χ4v) is 5.68. The van der Waals surface area contributed by atoms with Gasteiger partial charge in [0.2, 0.25) is 0 Å². The van der Waals surface area contributed by atoms with Gasteiger partial charge in [0, 0.05) is 0 Å². The molecule has 1 unspecified atom stereocenters. The number of benzene rings is 2. The first-order chi connectivity index (χ1) is 16.2. The molecule has 0 radical (unpaired) electrons. The lowest BCUT2D eigenvalue weighted by Crippen LogP contribution is -2.06. The van der Waals surface area contributed by atoms with Crippen molar-refractivity contribution in [2.45, 2.75) is 40.0 Å². The average Bonchev–Trinajstić information content (AvgIpc) is 2.80. The molecule has 2 rings (SSSR count). The van der Waals surface area contributed by atoms with E-state index in [1.165, 1.54) is 0 Å². The van der Waals surface area contributed by atoms with Crippen LogP contribution >= 0.6 is 38.8 Å². The van der Waals surface area contributed by atoms with Crippen LogP contribution in [0.3, 0.4) is 0 Å². The fraction of sp³-hybridized carbons (Fsp3) is 0.455. The first-order valence-corrected chi connectivity index (χ1v) is 14.6. The molecule has 1 atom stereocenters. The Labute approximate surface area is 211 Å². The van der Waals surface area contributed by atoms with E-state index in [9.17, 15) is 9.13 Å². The summed E-state index contributed by atoms with van der Waals surface area (Å²) in [4.78, 5) is 0. The molecular formula is C22H30Cl2O8P2. The molecule has 0 amide bonds. The van der Waals surface area contributed by atoms with Crippen molar-refractivity contribution in [2.75, 3.05) is 26.4 Å². The van der Waals surface area contributed by atoms with Crippen molar-refractivity contribution < 1.29 is 36.3 Å². The predicted molar refractivity (Wildman–Crippen MR) is 133 cm³/mol. The summed E-state index contributed by atoms with van der Waals surface area (Å²) in [6.45, 7) is 6.05. The lowest BCUT2D eigenvalue weighted by atomic mass is 10.1. The third kappa shape index (κ3) is 9.52. The second kappa shape index (κ2) is 14.5. The summed E-state index contributed by atoms with van der Waals surface area (Å²) in [5.41, 5.74) is 0.761. The Morgan fingerprint density at radius 1 is 0.706 bits per heavy atom. The highest BCUT2D eigenvalue weighted by molar-refractivity contribution is 7.49. The van der Waals surface area contributed by atoms with Crippen LogP contribution < -0.4 is 9.05 Å². The van der Waals surface area contributed by atoms with Gasteiger partial charge in [-0.2, -0.15) is 0 Å². The first kappa shape index (κ1) is 29.2. The standard InChI is InChI=1S/C22H30Cl2O8P2/c1-4-14-28-34(26,29-15-5-2)32-22-12-11-18(17-20(22)24)13-16-30-33(25,27-6-3)31-21-10-8-7-9-19(21)23/h7-12,17H,4-6,13-16H2,1-3H3. The molecular weight excluding hydrogens is 525 g/mol. The third-order valence-electron chi connectivity index (χ3n) is 4.09. The van der Waals surface area contributed by atoms with E-state index in [2.05, 4.69) is 0 Å². The topological polar surface area (TPSA) is 89.5 Å². The SMILES string of the molecule is CCCOP(=O)(OCCC)Oc1ccc(CCOP(=O)(OCC)Oc2ccccc2Cl)cc1Cl. The number of phosphoric ester groups is 2. The van der Waals surface area contributed by atoms with E-state index >= 15 is 0 Å². The third-order valence-corrected chi connectivity index (χ3v) is 7.61. The molecule has 0 saturated carbocycles. The van der Waals surface area contributed by atoms with Crippen molar-refractivity contribution in [3.05, 3.63) is 58.1 Å². The Morgan fingerprint density at radius 2 is 1.26 bits per heavy atom. The maximum Gasteiger partial charge on any atom is 0.530 e. The van der Waals surface area contributed by atoms with Crippen LogP contribution in [0.2, 0.25) is 10.0 Å². The van der Waals surface area contributed by atoms with Crippen LogP contribution in [0.25, 0.3) is 0 Å². The molecule has 190 valence electrons. The van der Waals surface area contributed by atoms with Crippen molar-refractivity contribution >= 4 is 38.8 Å². The summed E-state index contributed by atoms with van der Waals surface area (Å²) >= 11 is 12.4. The van der Waals surface area contributed by atoms with E-state index in [0.717, 1.165) is 5.56 Å². The minimum atomic E-state index is -3.89. The molecule has 0 aliphatic rings. The predicted octanol–water partition coefficient (Wildman–Crippen LogP) is 8.12. The lowest BCUT2D eigenvalue weighted by molar-refractivity contribution is 0.155. The normalized spacial score (nSPS) is 13.4. The molecule has 2 aromatic carbocycles. The average molecular weight is 555 g/mol. The zero-order chi connectivity index (χ0) is 25.0. The van der Waals surface area contributed by atoms with Crippen molar-refractivity contribution in [2.24, 2.45) is 0 Å². The zero-order valence-corrected chi connectivity index (χ0v) is 22.7. The van der Waals surface area contributed by atoms with Gasteiger partial charge in [-0.3, -0.25) is 18.1 Å². The first-order valence-electron chi connectivity index (χ1n) is 10.9. The Kier molecular flexibility index (Phi) is 12.4. The summed E-state index contributed by atoms with van der Waals surface area (Å²) in [6, 6.07) is 11.5. The van der Waals surface area contributed by atoms with E-state index < -0.39 is 15.6 Å². The summed E-state index contributed by atoms with van der Waals surface area (Å²) < 4.78 is 58.1. The van der Waals surface area contributed by atoms with Crippen LogP contribution in [0.15, 0.2) is 42.5 Å². The Balaban J connectivity index is 2.02. The minimum absolute atomic E-state index is 0.0238. The lowest BCUT2D eigenvalue weighted by Gasteiger charge is -2.19. The van der Waals surface area contributed by atoms with E-state index in [4.69, 9.17) is 50.3 Å². The van der Waals surface area contributed by atoms with Gasteiger partial charge in [0.15, 0.2) is 0 Å². The molecule has 0 N–H and O–H groups in total. The van der Waals surface area contributed by atoms with Crippen LogP contribution in [-0.2, 0) is 33.6 Å². The van der Waals surface area contributed by atoms with Crippen LogP contribution in [0.5, 0.6) is 11.5 Å². The van der Waals surface area contributed by atoms with E-state index in [1.807, 2.05) is 13.8 Å². The highest BCUT2D eigenvalue weighted by Crippen LogP contribution is 2.52. The van der Waals surface area contributed by atoms with Crippen LogP contribution in [0, 0.1) is 0 Å². The Hall–Kier alpha value is -1.08. The molecule has 0 aromatic heterocycles. The van der Waals surface area contributed by atoms with Crippen molar-refractivity contribution in [1.29, 1.82) is 0 Å². The maximum atomic E-state index is 12.9. The van der Waals surface area contributed by atoms with Gasteiger partial charge in [-0.1, -0.05) is 55.2 Å². The van der Waals surface area contributed by atoms with Gasteiger partial charge in [-0.15, -0.1) is 0 Å². The largest absolute Gasteiger partial charge is 0.530 e. The molecule has 0 heterocycles. The zero-order valence-electron chi connectivity index (χ0n) is 19.4. The van der Waals surface area contributed by atoms with Crippen LogP contribution in [0.4, 0.5) is 0 Å². The second-order valence-electron chi connectivity index (χ2n) is 6.94. The molecule has 8 nitrogen and oxygen atoms in total. The van der Waals surface area contributed by atoms with Gasteiger partial charge in [0.1, 0.15) is 11.5 Å². The molecule has 0 aliphatic carbocycles. The van der Waals surface area contributed by atoms with Gasteiger partial charge < -0.3 is 9.05 Å². The number of hydrogen-bond donors (Lipinski definition) is 0. The van der Waals surface area contributed by atoms with E-state index in [1.54, 1.807) is 49.4 Å². The second-order valence-corrected chi connectivity index (χ2v) is 10.9. The van der Waals surface area contributed by atoms with E-state index in [-0.39, 0.29) is 48.0 Å². The molecule has 0 aliphatic heterocycles. The Bertz CT molecular complexity index is 993. The monoisotopic (exact) mass is 554 g/mol. The van der Waals surface area contributed by atoms with E-state index in [0.29, 0.717) is 19.3 Å². The number of phosphoric acid groups is 2. The Morgan fingerprint density at radius 3 is 1.82 bits per heavy atom. The molecule has 34 heavy (non-hydrogen) atoms. The number of hydrogen-bond acceptors (Lipinski definition) is 8. The number of halogens is 2. The number of para-hydroxylation sites is 1. The maximum absolute atomic E-state index is 12.9. The van der Waals surface area contributed by atoms with Gasteiger partial charge in [-0.05, 0) is 56.0 Å². The summed E-state index contributed by atoms with van der Waals surface area (Å²) in [7, 11) is -7.68. The molecule has 0 fully saturated rings. The summed E-state index contributed by atoms with van der Waals surface area (Å²) in [5, 5.41) is 0.509. The van der Waals surface area contributed by atoms with Gasteiger partial charge in [0.25, 0.3) is 0 Å². The van der Waals surface area contributed by atoms with Crippen LogP contribution in [0.1, 0.15) is 39.2 Å². The smallest absolute Gasteiger partial charge is 0.402 e. The van der Waals surface area contributed by atoms with Crippen molar-refractivity contribution in [3.8, 4) is 11.5 Å². The van der Waals surface area contributed by atoms with Gasteiger partial charge in [-0.25, -0.2) is 9.13 Å². The fourth-order valence-electron chi connectivity index (χ4n) is 2.55. The van der Waals surface area contributed by atoms with Crippen molar-refractivity contribution in [1.82, 2.24) is 0 Å². The molecule has 0 spiro atoms. The summed E-state index contributed by atoms with van der Waals surface area (Å²) in [5.74, 6) is 0.370. The van der Waals surface area contributed by atoms with Crippen LogP contribution in [-0.4, -0.2) is 26.4 Å². The molecule has 2 aromatic rings. The quantitative estimate of drug-likeness (QED) is 0.192. The highest BCUT2D eigenvalue weighted by Gasteiger charge is 2.30. The highest BCUT2D eigenvalue weighted by atomic mass is 35.5. The molecule has 0 saturated heterocycles. The van der Waals surface area contributed by atoms with Crippen molar-refractivity contribution in [3.63, 3.8) is 0 Å². The minimum Gasteiger partial charge on any atom is -0.402 e. The molecule has 0 bridgehead atoms. The summed E-state index contributed by atoms with van der Waals surface area (Å²) in [6.07, 6.45) is 1.65. The number of rotatable bonds is 16. The van der Waals surface area contributed by atoms with Gasteiger partial charge >= 0.3 is 15.6 Å².